The highest BCUT2D eigenvalue weighted by Gasteiger charge is 2.14. The highest BCUT2D eigenvalue weighted by molar-refractivity contribution is 5.81. The summed E-state index contributed by atoms with van der Waals surface area (Å²) in [5.74, 6) is 1.53. The number of benzene rings is 3. The number of fused-ring (bicyclic) bond motifs is 1. The molecule has 0 radical (unpaired) electrons. The molecule has 4 nitrogen and oxygen atoms in total. The zero-order valence-corrected chi connectivity index (χ0v) is 16.7. The minimum absolute atomic E-state index is 0.205. The number of hydrogen-bond donors (Lipinski definition) is 0. The van der Waals surface area contributed by atoms with Crippen LogP contribution in [0.25, 0.3) is 22.4 Å². The summed E-state index contributed by atoms with van der Waals surface area (Å²) in [5, 5.41) is 0. The Labute approximate surface area is 170 Å². The fourth-order valence-electron chi connectivity index (χ4n) is 3.40. The third-order valence-electron chi connectivity index (χ3n) is 4.76. The SMILES string of the molecule is CC(C)CC(=O)Oc1ccc(-c2nc3ccccc3n2Cc2ccccc2)cc1. The van der Waals surface area contributed by atoms with Gasteiger partial charge in [-0.3, -0.25) is 4.79 Å². The number of carbonyl (C=O) groups excluding carboxylic acids is 1. The molecule has 4 rings (SSSR count). The average molecular weight is 384 g/mol. The molecule has 0 atom stereocenters. The smallest absolute Gasteiger partial charge is 0.311 e. The Morgan fingerprint density at radius 1 is 0.931 bits per heavy atom. The molecular weight excluding hydrogens is 360 g/mol. The first-order valence-corrected chi connectivity index (χ1v) is 9.90. The number of ether oxygens (including phenoxy) is 1. The van der Waals surface area contributed by atoms with Crippen LogP contribution >= 0.6 is 0 Å². The molecule has 1 aromatic heterocycles. The molecule has 4 heteroatoms. The fourth-order valence-corrected chi connectivity index (χ4v) is 3.40. The molecule has 3 aromatic carbocycles. The maximum absolute atomic E-state index is 11.9. The van der Waals surface area contributed by atoms with Gasteiger partial charge < -0.3 is 9.30 Å². The van der Waals surface area contributed by atoms with E-state index in [1.165, 1.54) is 5.56 Å². The molecule has 0 saturated heterocycles. The number of para-hydroxylation sites is 2. The van der Waals surface area contributed by atoms with E-state index in [4.69, 9.17) is 9.72 Å². The summed E-state index contributed by atoms with van der Waals surface area (Å²) >= 11 is 0. The van der Waals surface area contributed by atoms with Crippen LogP contribution in [-0.2, 0) is 11.3 Å². The molecule has 0 aliphatic carbocycles. The summed E-state index contributed by atoms with van der Waals surface area (Å²) in [7, 11) is 0. The van der Waals surface area contributed by atoms with Gasteiger partial charge in [0.15, 0.2) is 0 Å². The molecule has 0 aliphatic heterocycles. The highest BCUT2D eigenvalue weighted by atomic mass is 16.5. The summed E-state index contributed by atoms with van der Waals surface area (Å²) < 4.78 is 7.66. The van der Waals surface area contributed by atoms with Gasteiger partial charge in [0.25, 0.3) is 0 Å². The summed E-state index contributed by atoms with van der Waals surface area (Å²) in [6.07, 6.45) is 0.411. The zero-order valence-electron chi connectivity index (χ0n) is 16.7. The van der Waals surface area contributed by atoms with Gasteiger partial charge in [-0.25, -0.2) is 4.98 Å². The van der Waals surface area contributed by atoms with Crippen LogP contribution < -0.4 is 4.74 Å². The van der Waals surface area contributed by atoms with Crippen molar-refractivity contribution in [3.63, 3.8) is 0 Å². The number of imidazole rings is 1. The first kappa shape index (κ1) is 18.9. The molecule has 4 aromatic rings. The van der Waals surface area contributed by atoms with E-state index in [0.29, 0.717) is 12.2 Å². The second kappa shape index (κ2) is 8.31. The van der Waals surface area contributed by atoms with Gasteiger partial charge in [0.05, 0.1) is 11.0 Å². The molecule has 0 spiro atoms. The van der Waals surface area contributed by atoms with E-state index >= 15 is 0 Å². The van der Waals surface area contributed by atoms with Gasteiger partial charge in [-0.05, 0) is 47.9 Å². The Morgan fingerprint density at radius 3 is 2.34 bits per heavy atom. The number of esters is 1. The topological polar surface area (TPSA) is 44.1 Å². The number of rotatable bonds is 6. The van der Waals surface area contributed by atoms with E-state index in [-0.39, 0.29) is 11.9 Å². The van der Waals surface area contributed by atoms with E-state index in [1.54, 1.807) is 0 Å². The van der Waals surface area contributed by atoms with Crippen LogP contribution in [0.1, 0.15) is 25.8 Å². The molecule has 0 unspecified atom stereocenters. The van der Waals surface area contributed by atoms with Gasteiger partial charge in [0.2, 0.25) is 0 Å². The monoisotopic (exact) mass is 384 g/mol. The van der Waals surface area contributed by atoms with Crippen LogP contribution in [0.15, 0.2) is 78.9 Å². The summed E-state index contributed by atoms with van der Waals surface area (Å²) in [6.45, 7) is 4.74. The van der Waals surface area contributed by atoms with Gasteiger partial charge in [-0.1, -0.05) is 56.3 Å². The number of aromatic nitrogens is 2. The lowest BCUT2D eigenvalue weighted by atomic mass is 10.1. The molecule has 1 heterocycles. The fraction of sp³-hybridized carbons (Fsp3) is 0.200. The van der Waals surface area contributed by atoms with Crippen molar-refractivity contribution in [3.05, 3.63) is 84.4 Å². The van der Waals surface area contributed by atoms with E-state index in [0.717, 1.165) is 29.0 Å². The van der Waals surface area contributed by atoms with E-state index in [2.05, 4.69) is 34.9 Å². The second-order valence-corrected chi connectivity index (χ2v) is 7.59. The van der Waals surface area contributed by atoms with Gasteiger partial charge in [-0.2, -0.15) is 0 Å². The molecule has 0 N–H and O–H groups in total. The lowest BCUT2D eigenvalue weighted by molar-refractivity contribution is -0.135. The van der Waals surface area contributed by atoms with Crippen LogP contribution in [0.5, 0.6) is 5.75 Å². The number of nitrogens with zero attached hydrogens (tertiary/aromatic N) is 2. The standard InChI is InChI=1S/C25H24N2O2/c1-18(2)16-24(28)29-21-14-12-20(13-15-21)25-26-22-10-6-7-11-23(22)27(25)17-19-8-4-3-5-9-19/h3-15,18H,16-17H2,1-2H3. The van der Waals surface area contributed by atoms with E-state index < -0.39 is 0 Å². The van der Waals surface area contributed by atoms with Crippen molar-refractivity contribution >= 4 is 17.0 Å². The van der Waals surface area contributed by atoms with Crippen LogP contribution in [0, 0.1) is 5.92 Å². The zero-order chi connectivity index (χ0) is 20.2. The van der Waals surface area contributed by atoms with Crippen LogP contribution in [-0.4, -0.2) is 15.5 Å². The minimum Gasteiger partial charge on any atom is -0.427 e. The largest absolute Gasteiger partial charge is 0.427 e. The Balaban J connectivity index is 1.66. The van der Waals surface area contributed by atoms with E-state index in [9.17, 15) is 4.79 Å². The maximum Gasteiger partial charge on any atom is 0.311 e. The Hall–Kier alpha value is -3.40. The van der Waals surface area contributed by atoms with Crippen molar-refractivity contribution in [3.8, 4) is 17.1 Å². The summed E-state index contributed by atoms with van der Waals surface area (Å²) in [6, 6.07) is 26.1. The molecule has 0 fully saturated rings. The Bertz CT molecular complexity index is 1110. The quantitative estimate of drug-likeness (QED) is 0.316. The number of carbonyl (C=O) groups is 1. The first-order valence-electron chi connectivity index (χ1n) is 9.90. The first-order chi connectivity index (χ1) is 14.1. The molecule has 0 bridgehead atoms. The minimum atomic E-state index is -0.205. The van der Waals surface area contributed by atoms with Crippen molar-refractivity contribution in [2.75, 3.05) is 0 Å². The van der Waals surface area contributed by atoms with Crippen molar-refractivity contribution in [1.29, 1.82) is 0 Å². The lowest BCUT2D eigenvalue weighted by Gasteiger charge is -2.11. The lowest BCUT2D eigenvalue weighted by Crippen LogP contribution is -2.10. The van der Waals surface area contributed by atoms with Crippen molar-refractivity contribution < 1.29 is 9.53 Å². The highest BCUT2D eigenvalue weighted by Crippen LogP contribution is 2.27. The molecule has 146 valence electrons. The predicted molar refractivity (Wildman–Crippen MR) is 116 cm³/mol. The summed E-state index contributed by atoms with van der Waals surface area (Å²) in [5.41, 5.74) is 4.27. The summed E-state index contributed by atoms with van der Waals surface area (Å²) in [4.78, 5) is 16.8. The van der Waals surface area contributed by atoms with Crippen molar-refractivity contribution in [1.82, 2.24) is 9.55 Å². The number of hydrogen-bond acceptors (Lipinski definition) is 3. The van der Waals surface area contributed by atoms with Gasteiger partial charge in [0, 0.05) is 18.5 Å². The normalized spacial score (nSPS) is 11.1. The van der Waals surface area contributed by atoms with Crippen LogP contribution in [0.3, 0.4) is 0 Å². The van der Waals surface area contributed by atoms with Crippen LogP contribution in [0.2, 0.25) is 0 Å². The maximum atomic E-state index is 11.9. The van der Waals surface area contributed by atoms with Gasteiger partial charge in [0.1, 0.15) is 11.6 Å². The molecule has 29 heavy (non-hydrogen) atoms. The molecule has 0 saturated carbocycles. The molecule has 0 amide bonds. The molecule has 0 aliphatic rings. The third-order valence-corrected chi connectivity index (χ3v) is 4.76. The van der Waals surface area contributed by atoms with Gasteiger partial charge >= 0.3 is 5.97 Å². The van der Waals surface area contributed by atoms with Crippen molar-refractivity contribution in [2.24, 2.45) is 5.92 Å². The van der Waals surface area contributed by atoms with Gasteiger partial charge in [-0.15, -0.1) is 0 Å². The molecular formula is C25H24N2O2. The van der Waals surface area contributed by atoms with Crippen LogP contribution in [0.4, 0.5) is 0 Å². The average Bonchev–Trinajstić information content (AvgIpc) is 3.07. The third kappa shape index (κ3) is 4.37. The Morgan fingerprint density at radius 2 is 1.62 bits per heavy atom. The van der Waals surface area contributed by atoms with Crippen molar-refractivity contribution in [2.45, 2.75) is 26.8 Å². The predicted octanol–water partition coefficient (Wildman–Crippen LogP) is 5.70. The second-order valence-electron chi connectivity index (χ2n) is 7.59. The Kier molecular flexibility index (Phi) is 5.43. The van der Waals surface area contributed by atoms with E-state index in [1.807, 2.05) is 62.4 Å².